The van der Waals surface area contributed by atoms with Gasteiger partial charge in [0.1, 0.15) is 36.7 Å². The van der Waals surface area contributed by atoms with Crippen molar-refractivity contribution in [3.8, 4) is 0 Å². The lowest BCUT2D eigenvalue weighted by atomic mass is 9.90. The summed E-state index contributed by atoms with van der Waals surface area (Å²) in [4.78, 5) is 54.4. The van der Waals surface area contributed by atoms with Crippen molar-refractivity contribution in [2.45, 2.75) is 82.5 Å². The molecule has 2 aliphatic rings. The quantitative estimate of drug-likeness (QED) is 0.247. The van der Waals surface area contributed by atoms with Gasteiger partial charge in [-0.2, -0.15) is 0 Å². The summed E-state index contributed by atoms with van der Waals surface area (Å²) in [5.41, 5.74) is 0.901. The highest BCUT2D eigenvalue weighted by atomic mass is 127. The van der Waals surface area contributed by atoms with Crippen molar-refractivity contribution in [1.82, 2.24) is 10.2 Å². The highest BCUT2D eigenvalue weighted by Crippen LogP contribution is 2.32. The van der Waals surface area contributed by atoms with Crippen LogP contribution < -0.4 is 5.32 Å². The van der Waals surface area contributed by atoms with Gasteiger partial charge in [0.05, 0.1) is 18.2 Å². The van der Waals surface area contributed by atoms with Gasteiger partial charge in [-0.1, -0.05) is 42.5 Å². The van der Waals surface area contributed by atoms with Crippen LogP contribution in [0.2, 0.25) is 0 Å². The van der Waals surface area contributed by atoms with Crippen LogP contribution in [0.4, 0.5) is 0 Å². The number of halogens is 1. The number of fused-ring (bicyclic) bond motifs is 1. The van der Waals surface area contributed by atoms with Crippen LogP contribution in [0.15, 0.2) is 66.2 Å². The average molecular weight is 749 g/mol. The lowest BCUT2D eigenvalue weighted by Gasteiger charge is -2.34. The van der Waals surface area contributed by atoms with Crippen LogP contribution in [0.1, 0.15) is 56.0 Å². The Morgan fingerprint density at radius 1 is 1.07 bits per heavy atom. The lowest BCUT2D eigenvalue weighted by Crippen LogP contribution is -2.53. The minimum absolute atomic E-state index is 0.000548. The van der Waals surface area contributed by atoms with Crippen LogP contribution in [0.25, 0.3) is 0 Å². The largest absolute Gasteiger partial charge is 0.460 e. The maximum Gasteiger partial charge on any atom is 0.339 e. The number of hydrogen-bond donors (Lipinski definition) is 2. The normalized spacial score (nSPS) is 20.5. The molecule has 4 rings (SSSR count). The predicted molar refractivity (Wildman–Crippen MR) is 176 cm³/mol. The summed E-state index contributed by atoms with van der Waals surface area (Å²) in [6.07, 6.45) is 0.114. The van der Waals surface area contributed by atoms with Gasteiger partial charge in [-0.25, -0.2) is 4.79 Å². The zero-order valence-corrected chi connectivity index (χ0v) is 28.6. The Kier molecular flexibility index (Phi) is 12.3. The first-order chi connectivity index (χ1) is 21.9. The molecule has 248 valence electrons. The van der Waals surface area contributed by atoms with E-state index < -0.39 is 66.4 Å². The third-order valence-corrected chi connectivity index (χ3v) is 8.61. The number of nitrogens with zero attached hydrogens (tertiary/aromatic N) is 1. The standard InChI is InChI=1S/C34H41IN2O9/c1-34(2,3)46-29(39)15-14-23(19-38)36-31(40)26(16-21-10-6-5-7-11-21)37(4)32(41)22-17-27-30(44-20-43-27)28(18-22)45-33(42)24-12-8-9-13-25(24)35/h5-13,17,23,26-28,30,38H,14-16,18-20H2,1-4H3,(H,36,40)/t23-,26+,27+,28+,30+/m0/s1. The Bertz CT molecular complexity index is 1430. The van der Waals surface area contributed by atoms with Crippen molar-refractivity contribution in [3.05, 3.63) is 80.9 Å². The second-order valence-corrected chi connectivity index (χ2v) is 13.5. The lowest BCUT2D eigenvalue weighted by molar-refractivity contribution is -0.155. The molecule has 12 heteroatoms. The fraction of sp³-hybridized carbons (Fsp3) is 0.471. The van der Waals surface area contributed by atoms with Crippen molar-refractivity contribution in [3.63, 3.8) is 0 Å². The zero-order valence-electron chi connectivity index (χ0n) is 26.4. The summed E-state index contributed by atoms with van der Waals surface area (Å²) < 4.78 is 23.4. The number of carbonyl (C=O) groups excluding carboxylic acids is 4. The number of ether oxygens (including phenoxy) is 4. The van der Waals surface area contributed by atoms with E-state index in [2.05, 4.69) is 27.9 Å². The monoisotopic (exact) mass is 748 g/mol. The van der Waals surface area contributed by atoms with E-state index in [1.165, 1.54) is 11.9 Å². The van der Waals surface area contributed by atoms with Crippen molar-refractivity contribution >= 4 is 46.3 Å². The average Bonchev–Trinajstić information content (AvgIpc) is 3.50. The van der Waals surface area contributed by atoms with Gasteiger partial charge < -0.3 is 34.3 Å². The third-order valence-electron chi connectivity index (χ3n) is 7.67. The number of rotatable bonds is 12. The maximum absolute atomic E-state index is 14.0. The summed E-state index contributed by atoms with van der Waals surface area (Å²) in [5, 5.41) is 12.8. The predicted octanol–water partition coefficient (Wildman–Crippen LogP) is 3.56. The third kappa shape index (κ3) is 9.60. The van der Waals surface area contributed by atoms with Crippen molar-refractivity contribution in [2.24, 2.45) is 0 Å². The molecule has 1 fully saturated rings. The first-order valence-electron chi connectivity index (χ1n) is 15.2. The molecule has 2 amide bonds. The number of hydrogen-bond acceptors (Lipinski definition) is 9. The summed E-state index contributed by atoms with van der Waals surface area (Å²) >= 11 is 2.06. The Morgan fingerprint density at radius 2 is 1.76 bits per heavy atom. The molecule has 0 bridgehead atoms. The maximum atomic E-state index is 14.0. The van der Waals surface area contributed by atoms with Crippen molar-refractivity contribution in [2.75, 3.05) is 20.4 Å². The van der Waals surface area contributed by atoms with Crippen LogP contribution >= 0.6 is 22.6 Å². The Hall–Kier alpha value is -3.33. The number of carbonyl (C=O) groups is 4. The number of esters is 2. The van der Waals surface area contributed by atoms with Gasteiger partial charge in [-0.05, 0) is 73.6 Å². The minimum atomic E-state index is -0.961. The molecule has 1 saturated heterocycles. The van der Waals surface area contributed by atoms with E-state index in [9.17, 15) is 24.3 Å². The molecule has 1 aliphatic carbocycles. The summed E-state index contributed by atoms with van der Waals surface area (Å²) in [6.45, 7) is 4.89. The molecule has 2 aromatic rings. The number of benzene rings is 2. The van der Waals surface area contributed by atoms with Gasteiger partial charge in [0.2, 0.25) is 11.8 Å². The van der Waals surface area contributed by atoms with E-state index in [-0.39, 0.29) is 32.5 Å². The van der Waals surface area contributed by atoms with Crippen LogP contribution in [0.3, 0.4) is 0 Å². The molecule has 0 aromatic heterocycles. The second-order valence-electron chi connectivity index (χ2n) is 12.3. The number of amides is 2. The molecule has 0 saturated carbocycles. The van der Waals surface area contributed by atoms with Gasteiger partial charge >= 0.3 is 11.9 Å². The molecule has 1 aliphatic heterocycles. The van der Waals surface area contributed by atoms with Crippen LogP contribution in [-0.4, -0.2) is 90.2 Å². The fourth-order valence-electron chi connectivity index (χ4n) is 5.34. The van der Waals surface area contributed by atoms with E-state index in [1.54, 1.807) is 45.0 Å². The topological polar surface area (TPSA) is 141 Å². The van der Waals surface area contributed by atoms with Gasteiger partial charge in [0.15, 0.2) is 0 Å². The summed E-state index contributed by atoms with van der Waals surface area (Å²) in [7, 11) is 1.54. The molecule has 1 heterocycles. The summed E-state index contributed by atoms with van der Waals surface area (Å²) in [5.74, 6) is -1.89. The van der Waals surface area contributed by atoms with E-state index in [4.69, 9.17) is 18.9 Å². The smallest absolute Gasteiger partial charge is 0.339 e. The molecule has 46 heavy (non-hydrogen) atoms. The molecule has 0 unspecified atom stereocenters. The highest BCUT2D eigenvalue weighted by Gasteiger charge is 2.44. The highest BCUT2D eigenvalue weighted by molar-refractivity contribution is 14.1. The molecule has 0 spiro atoms. The van der Waals surface area contributed by atoms with E-state index in [0.29, 0.717) is 11.1 Å². The van der Waals surface area contributed by atoms with Gasteiger partial charge in [0, 0.05) is 35.5 Å². The van der Waals surface area contributed by atoms with E-state index in [1.807, 2.05) is 36.4 Å². The zero-order chi connectivity index (χ0) is 33.4. The Morgan fingerprint density at radius 3 is 2.43 bits per heavy atom. The van der Waals surface area contributed by atoms with Gasteiger partial charge in [-0.15, -0.1) is 0 Å². The first-order valence-corrected chi connectivity index (χ1v) is 16.3. The van der Waals surface area contributed by atoms with Crippen LogP contribution in [0, 0.1) is 3.57 Å². The van der Waals surface area contributed by atoms with Gasteiger partial charge in [0.25, 0.3) is 0 Å². The van der Waals surface area contributed by atoms with E-state index in [0.717, 1.165) is 9.13 Å². The minimum Gasteiger partial charge on any atom is -0.460 e. The Balaban J connectivity index is 1.50. The molecule has 11 nitrogen and oxygen atoms in total. The summed E-state index contributed by atoms with van der Waals surface area (Å²) in [6, 6.07) is 14.6. The molecule has 5 atom stereocenters. The molecule has 0 radical (unpaired) electrons. The van der Waals surface area contributed by atoms with Crippen molar-refractivity contribution in [1.29, 1.82) is 0 Å². The van der Waals surface area contributed by atoms with Crippen LogP contribution in [0.5, 0.6) is 0 Å². The molecular formula is C34H41IN2O9. The first kappa shape index (κ1) is 35.5. The number of likely N-dealkylation sites (N-methyl/N-ethyl adjacent to an activating group) is 1. The van der Waals surface area contributed by atoms with Crippen LogP contribution in [-0.2, 0) is 39.8 Å². The van der Waals surface area contributed by atoms with Crippen molar-refractivity contribution < 1.29 is 43.2 Å². The Labute approximate surface area is 282 Å². The fourth-order valence-corrected chi connectivity index (χ4v) is 5.95. The molecule has 2 N–H and O–H groups in total. The second kappa shape index (κ2) is 16.0. The number of aliphatic hydroxyl groups excluding tert-OH is 1. The number of nitrogens with one attached hydrogen (secondary N) is 1. The van der Waals surface area contributed by atoms with E-state index >= 15 is 0 Å². The van der Waals surface area contributed by atoms with Gasteiger partial charge in [-0.3, -0.25) is 14.4 Å². The SMILES string of the molecule is CN(C(=O)C1=C[C@H]2OCO[C@H]2[C@H](OC(=O)c2ccccc2I)C1)[C@H](Cc1ccccc1)C(=O)N[C@H](CO)CCC(=O)OC(C)(C)C. The number of aliphatic hydroxyl groups is 1. The molecule has 2 aromatic carbocycles. The molecular weight excluding hydrogens is 707 g/mol.